The zero-order chi connectivity index (χ0) is 13.8. The second kappa shape index (κ2) is 5.27. The first-order valence-corrected chi connectivity index (χ1v) is 5.54. The molecule has 0 unspecified atom stereocenters. The summed E-state index contributed by atoms with van der Waals surface area (Å²) in [6.07, 6.45) is 1.39. The average molecular weight is 255 g/mol. The van der Waals surface area contributed by atoms with Crippen molar-refractivity contribution >= 4 is 11.6 Å². The third kappa shape index (κ3) is 2.93. The fraction of sp³-hybridized carbons (Fsp3) is 0.0714. The molecule has 19 heavy (non-hydrogen) atoms. The first-order valence-electron chi connectivity index (χ1n) is 5.54. The van der Waals surface area contributed by atoms with Gasteiger partial charge in [-0.1, -0.05) is 0 Å². The number of nitrogens with one attached hydrogen (secondary N) is 1. The Hall–Kier alpha value is -2.74. The van der Waals surface area contributed by atoms with Crippen molar-refractivity contribution in [2.75, 3.05) is 5.32 Å². The maximum absolute atomic E-state index is 13.1. The molecule has 0 aliphatic carbocycles. The molecule has 0 saturated carbocycles. The number of carbonyl (C=O) groups excluding carboxylic acids is 1. The molecule has 0 fully saturated rings. The van der Waals surface area contributed by atoms with Crippen LogP contribution in [0.25, 0.3) is 0 Å². The lowest BCUT2D eigenvalue weighted by atomic mass is 10.2. The number of pyridine rings is 1. The minimum absolute atomic E-state index is 0.169. The summed E-state index contributed by atoms with van der Waals surface area (Å²) in [7, 11) is 0. The molecule has 2 aromatic rings. The van der Waals surface area contributed by atoms with Gasteiger partial charge in [-0.2, -0.15) is 5.26 Å². The van der Waals surface area contributed by atoms with Crippen molar-refractivity contribution in [2.24, 2.45) is 0 Å². The van der Waals surface area contributed by atoms with E-state index in [2.05, 4.69) is 10.3 Å². The third-order valence-electron chi connectivity index (χ3n) is 2.55. The number of benzene rings is 1. The SMILES string of the molecule is Cc1cc(NC(=O)c2ccnc(C#N)c2)ccc1F. The van der Waals surface area contributed by atoms with Crippen LogP contribution >= 0.6 is 0 Å². The highest BCUT2D eigenvalue weighted by molar-refractivity contribution is 6.04. The summed E-state index contributed by atoms with van der Waals surface area (Å²) in [5.74, 6) is -0.696. The molecule has 5 heteroatoms. The Labute approximate surface area is 109 Å². The van der Waals surface area contributed by atoms with Crippen molar-refractivity contribution < 1.29 is 9.18 Å². The minimum Gasteiger partial charge on any atom is -0.322 e. The van der Waals surface area contributed by atoms with Gasteiger partial charge in [0.1, 0.15) is 17.6 Å². The van der Waals surface area contributed by atoms with E-state index in [-0.39, 0.29) is 17.4 Å². The molecule has 0 aliphatic rings. The number of halogens is 1. The first-order chi connectivity index (χ1) is 9.10. The molecule has 0 bridgehead atoms. The average Bonchev–Trinajstić information content (AvgIpc) is 2.43. The number of hydrogen-bond donors (Lipinski definition) is 1. The second-order valence-corrected chi connectivity index (χ2v) is 3.96. The van der Waals surface area contributed by atoms with E-state index in [9.17, 15) is 9.18 Å². The number of amides is 1. The summed E-state index contributed by atoms with van der Waals surface area (Å²) in [5, 5.41) is 11.3. The Morgan fingerprint density at radius 3 is 2.84 bits per heavy atom. The standard InChI is InChI=1S/C14H10FN3O/c1-9-6-11(2-3-13(9)15)18-14(19)10-4-5-17-12(7-10)8-16/h2-7H,1H3,(H,18,19). The first kappa shape index (κ1) is 12.7. The van der Waals surface area contributed by atoms with Gasteiger partial charge in [-0.25, -0.2) is 9.37 Å². The Bertz CT molecular complexity index is 677. The molecule has 0 atom stereocenters. The summed E-state index contributed by atoms with van der Waals surface area (Å²) in [4.78, 5) is 15.7. The largest absolute Gasteiger partial charge is 0.322 e. The highest BCUT2D eigenvalue weighted by Crippen LogP contribution is 2.14. The fourth-order valence-corrected chi connectivity index (χ4v) is 1.56. The zero-order valence-electron chi connectivity index (χ0n) is 10.1. The monoisotopic (exact) mass is 255 g/mol. The molecule has 4 nitrogen and oxygen atoms in total. The van der Waals surface area contributed by atoms with E-state index in [1.165, 1.54) is 30.5 Å². The van der Waals surface area contributed by atoms with E-state index in [1.54, 1.807) is 13.0 Å². The number of aryl methyl sites for hydroxylation is 1. The molecule has 94 valence electrons. The van der Waals surface area contributed by atoms with Crippen molar-refractivity contribution in [2.45, 2.75) is 6.92 Å². The quantitative estimate of drug-likeness (QED) is 0.897. The van der Waals surface area contributed by atoms with Crippen LogP contribution in [0.2, 0.25) is 0 Å². The number of carbonyl (C=O) groups is 1. The molecular weight excluding hydrogens is 245 g/mol. The van der Waals surface area contributed by atoms with Crippen molar-refractivity contribution in [1.29, 1.82) is 5.26 Å². The van der Waals surface area contributed by atoms with Crippen LogP contribution in [0.15, 0.2) is 36.5 Å². The molecular formula is C14H10FN3O. The van der Waals surface area contributed by atoms with Gasteiger partial charge in [0, 0.05) is 17.4 Å². The van der Waals surface area contributed by atoms with E-state index < -0.39 is 0 Å². The highest BCUT2D eigenvalue weighted by Gasteiger charge is 2.08. The van der Waals surface area contributed by atoms with Crippen LogP contribution in [0.3, 0.4) is 0 Å². The molecule has 0 aliphatic heterocycles. The van der Waals surface area contributed by atoms with Gasteiger partial charge in [-0.3, -0.25) is 4.79 Å². The molecule has 0 spiro atoms. The van der Waals surface area contributed by atoms with Gasteiger partial charge in [-0.05, 0) is 42.8 Å². The van der Waals surface area contributed by atoms with Crippen molar-refractivity contribution in [3.8, 4) is 6.07 Å². The summed E-state index contributed by atoms with van der Waals surface area (Å²) in [6.45, 7) is 1.62. The highest BCUT2D eigenvalue weighted by atomic mass is 19.1. The number of nitrogens with zero attached hydrogens (tertiary/aromatic N) is 2. The molecule has 0 radical (unpaired) electrons. The Kier molecular flexibility index (Phi) is 3.53. The summed E-state index contributed by atoms with van der Waals surface area (Å²) in [6, 6.07) is 9.07. The van der Waals surface area contributed by atoms with E-state index in [4.69, 9.17) is 5.26 Å². The fourth-order valence-electron chi connectivity index (χ4n) is 1.56. The maximum Gasteiger partial charge on any atom is 0.255 e. The molecule has 1 heterocycles. The molecule has 1 aromatic carbocycles. The lowest BCUT2D eigenvalue weighted by Crippen LogP contribution is -2.12. The number of aromatic nitrogens is 1. The lowest BCUT2D eigenvalue weighted by molar-refractivity contribution is 0.102. The van der Waals surface area contributed by atoms with E-state index in [0.717, 1.165) is 0 Å². The van der Waals surface area contributed by atoms with Gasteiger partial charge in [0.15, 0.2) is 0 Å². The maximum atomic E-state index is 13.1. The van der Waals surface area contributed by atoms with Crippen LogP contribution in [0, 0.1) is 24.1 Å². The smallest absolute Gasteiger partial charge is 0.255 e. The van der Waals surface area contributed by atoms with Crippen molar-refractivity contribution in [3.05, 3.63) is 59.2 Å². The van der Waals surface area contributed by atoms with Gasteiger partial charge < -0.3 is 5.32 Å². The molecule has 1 amide bonds. The normalized spacial score (nSPS) is 9.74. The second-order valence-electron chi connectivity index (χ2n) is 3.96. The number of hydrogen-bond acceptors (Lipinski definition) is 3. The topological polar surface area (TPSA) is 65.8 Å². The van der Waals surface area contributed by atoms with Crippen LogP contribution in [0.4, 0.5) is 10.1 Å². The van der Waals surface area contributed by atoms with Crippen LogP contribution in [0.5, 0.6) is 0 Å². The number of rotatable bonds is 2. The van der Waals surface area contributed by atoms with Crippen molar-refractivity contribution in [3.63, 3.8) is 0 Å². The molecule has 2 rings (SSSR count). The summed E-state index contributed by atoms with van der Waals surface area (Å²) < 4.78 is 13.1. The predicted molar refractivity (Wildman–Crippen MR) is 68.0 cm³/mol. The number of nitriles is 1. The van der Waals surface area contributed by atoms with E-state index in [0.29, 0.717) is 16.8 Å². The zero-order valence-corrected chi connectivity index (χ0v) is 10.1. The number of anilines is 1. The van der Waals surface area contributed by atoms with Gasteiger partial charge in [0.05, 0.1) is 0 Å². The Morgan fingerprint density at radius 1 is 1.37 bits per heavy atom. The van der Waals surface area contributed by atoms with Crippen LogP contribution in [0.1, 0.15) is 21.6 Å². The van der Waals surface area contributed by atoms with Gasteiger partial charge >= 0.3 is 0 Å². The minimum atomic E-state index is -0.370. The summed E-state index contributed by atoms with van der Waals surface area (Å²) >= 11 is 0. The van der Waals surface area contributed by atoms with Crippen LogP contribution in [-0.2, 0) is 0 Å². The van der Waals surface area contributed by atoms with Crippen LogP contribution in [-0.4, -0.2) is 10.9 Å². The van der Waals surface area contributed by atoms with Crippen molar-refractivity contribution in [1.82, 2.24) is 4.98 Å². The lowest BCUT2D eigenvalue weighted by Gasteiger charge is -2.06. The Balaban J connectivity index is 2.21. The third-order valence-corrected chi connectivity index (χ3v) is 2.55. The molecule has 1 aromatic heterocycles. The van der Waals surface area contributed by atoms with E-state index >= 15 is 0 Å². The predicted octanol–water partition coefficient (Wildman–Crippen LogP) is 2.65. The van der Waals surface area contributed by atoms with Gasteiger partial charge in [-0.15, -0.1) is 0 Å². The Morgan fingerprint density at radius 2 is 2.16 bits per heavy atom. The van der Waals surface area contributed by atoms with Gasteiger partial charge in [0.25, 0.3) is 5.91 Å². The molecule has 0 saturated heterocycles. The summed E-state index contributed by atoms with van der Waals surface area (Å²) in [5.41, 5.74) is 1.45. The van der Waals surface area contributed by atoms with Crippen LogP contribution < -0.4 is 5.32 Å². The van der Waals surface area contributed by atoms with E-state index in [1.807, 2.05) is 6.07 Å². The molecule has 1 N–H and O–H groups in total. The van der Waals surface area contributed by atoms with Gasteiger partial charge in [0.2, 0.25) is 0 Å².